The molecule has 3 rings (SSSR count). The Labute approximate surface area is 91.3 Å². The molecule has 0 atom stereocenters. The van der Waals surface area contributed by atoms with Crippen LogP contribution in [0.15, 0.2) is 38.1 Å². The summed E-state index contributed by atoms with van der Waals surface area (Å²) < 4.78 is 10.6. The fraction of sp³-hybridized carbons (Fsp3) is 0.154. The highest BCUT2D eigenvalue weighted by Crippen LogP contribution is 2.29. The van der Waals surface area contributed by atoms with Crippen molar-refractivity contribution in [3.05, 3.63) is 46.0 Å². The van der Waals surface area contributed by atoms with Crippen LogP contribution in [-0.2, 0) is 0 Å². The van der Waals surface area contributed by atoms with E-state index >= 15 is 0 Å². The number of hydrogen-bond acceptors (Lipinski definition) is 3. The Kier molecular flexibility index (Phi) is 1.72. The maximum atomic E-state index is 11.4. The van der Waals surface area contributed by atoms with Gasteiger partial charge in [0.05, 0.1) is 11.6 Å². The second-order valence-electron chi connectivity index (χ2n) is 3.98. The Hall–Kier alpha value is -2.03. The molecule has 2 heterocycles. The summed E-state index contributed by atoms with van der Waals surface area (Å²) in [7, 11) is 0. The fourth-order valence-corrected chi connectivity index (χ4v) is 2.18. The summed E-state index contributed by atoms with van der Waals surface area (Å²) in [6.07, 6.45) is 1.60. The van der Waals surface area contributed by atoms with E-state index in [0.717, 1.165) is 27.5 Å². The van der Waals surface area contributed by atoms with Crippen LogP contribution in [0.5, 0.6) is 0 Å². The van der Waals surface area contributed by atoms with Crippen molar-refractivity contribution >= 4 is 21.9 Å². The second-order valence-corrected chi connectivity index (χ2v) is 3.98. The first-order valence-electron chi connectivity index (χ1n) is 5.08. The number of fused-ring (bicyclic) bond motifs is 3. The van der Waals surface area contributed by atoms with Gasteiger partial charge in [-0.15, -0.1) is 0 Å². The molecule has 0 aliphatic rings. The molecule has 3 aromatic rings. The van der Waals surface area contributed by atoms with E-state index in [0.29, 0.717) is 5.58 Å². The van der Waals surface area contributed by atoms with Gasteiger partial charge in [-0.1, -0.05) is 0 Å². The highest BCUT2D eigenvalue weighted by Gasteiger charge is 2.11. The Morgan fingerprint density at radius 3 is 2.69 bits per heavy atom. The second kappa shape index (κ2) is 2.98. The maximum absolute atomic E-state index is 11.4. The molecule has 0 saturated heterocycles. The SMILES string of the molecule is Cc1cc(=O)oc2c1c(C)cc1occc12. The van der Waals surface area contributed by atoms with Gasteiger partial charge in [-0.05, 0) is 37.1 Å². The Balaban J connectivity index is 2.71. The van der Waals surface area contributed by atoms with Crippen molar-refractivity contribution < 1.29 is 8.83 Å². The van der Waals surface area contributed by atoms with Gasteiger partial charge in [-0.2, -0.15) is 0 Å². The van der Waals surface area contributed by atoms with Crippen LogP contribution < -0.4 is 5.63 Å². The lowest BCUT2D eigenvalue weighted by molar-refractivity contribution is 0.562. The van der Waals surface area contributed by atoms with E-state index in [4.69, 9.17) is 8.83 Å². The molecule has 16 heavy (non-hydrogen) atoms. The Morgan fingerprint density at radius 2 is 1.88 bits per heavy atom. The van der Waals surface area contributed by atoms with Crippen molar-refractivity contribution in [1.29, 1.82) is 0 Å². The Bertz CT molecular complexity index is 747. The van der Waals surface area contributed by atoms with Crippen LogP contribution in [-0.4, -0.2) is 0 Å². The minimum absolute atomic E-state index is 0.321. The van der Waals surface area contributed by atoms with Crippen LogP contribution >= 0.6 is 0 Å². The predicted molar refractivity (Wildman–Crippen MR) is 61.7 cm³/mol. The van der Waals surface area contributed by atoms with E-state index in [-0.39, 0.29) is 5.63 Å². The van der Waals surface area contributed by atoms with Gasteiger partial charge >= 0.3 is 5.63 Å². The minimum atomic E-state index is -0.321. The third-order valence-corrected chi connectivity index (χ3v) is 2.84. The molecule has 3 nitrogen and oxygen atoms in total. The number of benzene rings is 1. The third kappa shape index (κ3) is 1.11. The quantitative estimate of drug-likeness (QED) is 0.540. The largest absolute Gasteiger partial charge is 0.464 e. The highest BCUT2D eigenvalue weighted by atomic mass is 16.4. The summed E-state index contributed by atoms with van der Waals surface area (Å²) in [6, 6.07) is 5.30. The lowest BCUT2D eigenvalue weighted by Crippen LogP contribution is -1.98. The van der Waals surface area contributed by atoms with Gasteiger partial charge in [-0.25, -0.2) is 4.79 Å². The number of aryl methyl sites for hydroxylation is 2. The molecule has 0 aliphatic carbocycles. The van der Waals surface area contributed by atoms with E-state index in [1.54, 1.807) is 6.26 Å². The van der Waals surface area contributed by atoms with Gasteiger partial charge in [0, 0.05) is 11.5 Å². The minimum Gasteiger partial charge on any atom is -0.464 e. The Morgan fingerprint density at radius 1 is 1.12 bits per heavy atom. The molecule has 0 aliphatic heterocycles. The van der Waals surface area contributed by atoms with Gasteiger partial charge in [0.25, 0.3) is 0 Å². The van der Waals surface area contributed by atoms with Crippen LogP contribution in [0.1, 0.15) is 11.1 Å². The van der Waals surface area contributed by atoms with Crippen molar-refractivity contribution in [1.82, 2.24) is 0 Å². The molecule has 0 fully saturated rings. The van der Waals surface area contributed by atoms with Crippen molar-refractivity contribution in [3.8, 4) is 0 Å². The topological polar surface area (TPSA) is 43.4 Å². The summed E-state index contributed by atoms with van der Waals surface area (Å²) in [6.45, 7) is 3.90. The van der Waals surface area contributed by atoms with Crippen LogP contribution in [0.4, 0.5) is 0 Å². The summed E-state index contributed by atoms with van der Waals surface area (Å²) in [4.78, 5) is 11.4. The summed E-state index contributed by atoms with van der Waals surface area (Å²) in [5.74, 6) is 0. The molecular formula is C13H10O3. The molecule has 1 aromatic carbocycles. The third-order valence-electron chi connectivity index (χ3n) is 2.84. The summed E-state index contributed by atoms with van der Waals surface area (Å²) in [5.41, 5.74) is 3.04. The van der Waals surface area contributed by atoms with E-state index < -0.39 is 0 Å². The number of furan rings is 1. The zero-order chi connectivity index (χ0) is 11.3. The van der Waals surface area contributed by atoms with Gasteiger partial charge in [-0.3, -0.25) is 0 Å². The molecular weight excluding hydrogens is 204 g/mol. The fourth-order valence-electron chi connectivity index (χ4n) is 2.18. The van der Waals surface area contributed by atoms with Gasteiger partial charge in [0.15, 0.2) is 0 Å². The van der Waals surface area contributed by atoms with Crippen LogP contribution in [0.25, 0.3) is 21.9 Å². The van der Waals surface area contributed by atoms with Gasteiger partial charge < -0.3 is 8.83 Å². The monoisotopic (exact) mass is 214 g/mol. The first-order valence-corrected chi connectivity index (χ1v) is 5.08. The van der Waals surface area contributed by atoms with Crippen molar-refractivity contribution in [2.75, 3.05) is 0 Å². The highest BCUT2D eigenvalue weighted by molar-refractivity contribution is 6.04. The number of rotatable bonds is 0. The molecule has 0 N–H and O–H groups in total. The maximum Gasteiger partial charge on any atom is 0.336 e. The molecule has 3 heteroatoms. The zero-order valence-electron chi connectivity index (χ0n) is 9.03. The number of hydrogen-bond donors (Lipinski definition) is 0. The standard InChI is InChI=1S/C13H10O3/c1-7-5-10-9(3-4-15-10)13-12(7)8(2)6-11(14)16-13/h3-6H,1-2H3. The molecule has 0 spiro atoms. The molecule has 80 valence electrons. The molecule has 0 bridgehead atoms. The van der Waals surface area contributed by atoms with E-state index in [1.807, 2.05) is 26.0 Å². The lowest BCUT2D eigenvalue weighted by Gasteiger charge is -2.04. The predicted octanol–water partition coefficient (Wildman–Crippen LogP) is 3.16. The van der Waals surface area contributed by atoms with E-state index in [2.05, 4.69) is 0 Å². The van der Waals surface area contributed by atoms with Crippen LogP contribution in [0, 0.1) is 13.8 Å². The molecule has 2 aromatic heterocycles. The lowest BCUT2D eigenvalue weighted by atomic mass is 10.0. The molecule has 0 saturated carbocycles. The molecule has 0 unspecified atom stereocenters. The van der Waals surface area contributed by atoms with Crippen molar-refractivity contribution in [2.45, 2.75) is 13.8 Å². The zero-order valence-corrected chi connectivity index (χ0v) is 9.03. The first kappa shape index (κ1) is 9.21. The van der Waals surface area contributed by atoms with Crippen LogP contribution in [0.2, 0.25) is 0 Å². The first-order chi connectivity index (χ1) is 7.66. The van der Waals surface area contributed by atoms with E-state index in [9.17, 15) is 4.79 Å². The van der Waals surface area contributed by atoms with Gasteiger partial charge in [0.1, 0.15) is 11.2 Å². The average molecular weight is 214 g/mol. The molecule has 0 amide bonds. The summed E-state index contributed by atoms with van der Waals surface area (Å²) >= 11 is 0. The van der Waals surface area contributed by atoms with E-state index in [1.165, 1.54) is 6.07 Å². The normalized spacial score (nSPS) is 11.4. The summed E-state index contributed by atoms with van der Waals surface area (Å²) in [5, 5.41) is 1.84. The van der Waals surface area contributed by atoms with Gasteiger partial charge in [0.2, 0.25) is 0 Å². The molecule has 0 radical (unpaired) electrons. The average Bonchev–Trinajstić information content (AvgIpc) is 2.64. The van der Waals surface area contributed by atoms with Crippen molar-refractivity contribution in [3.63, 3.8) is 0 Å². The van der Waals surface area contributed by atoms with Crippen LogP contribution in [0.3, 0.4) is 0 Å². The smallest absolute Gasteiger partial charge is 0.336 e. The van der Waals surface area contributed by atoms with Crippen molar-refractivity contribution in [2.24, 2.45) is 0 Å².